The summed E-state index contributed by atoms with van der Waals surface area (Å²) in [5.41, 5.74) is 3.54. The summed E-state index contributed by atoms with van der Waals surface area (Å²) in [5.74, 6) is 0.0478. The smallest absolute Gasteiger partial charge is 0.416 e. The van der Waals surface area contributed by atoms with E-state index in [1.807, 2.05) is 32.0 Å². The highest BCUT2D eigenvalue weighted by Crippen LogP contribution is 2.36. The van der Waals surface area contributed by atoms with Crippen molar-refractivity contribution in [3.8, 4) is 16.9 Å². The van der Waals surface area contributed by atoms with Crippen LogP contribution in [-0.4, -0.2) is 19.6 Å². The number of ether oxygens (including phenoxy) is 1. The van der Waals surface area contributed by atoms with Crippen LogP contribution in [0.25, 0.3) is 11.1 Å². The molecular weight excluding hydrogens is 429 g/mol. The maximum absolute atomic E-state index is 13.1. The number of hydrogen-bond acceptors (Lipinski definition) is 3. The quantitative estimate of drug-likeness (QED) is 0.484. The van der Waals surface area contributed by atoms with E-state index in [9.17, 15) is 18.0 Å². The van der Waals surface area contributed by atoms with Crippen molar-refractivity contribution in [1.82, 2.24) is 5.32 Å². The van der Waals surface area contributed by atoms with Crippen LogP contribution < -0.4 is 15.4 Å². The van der Waals surface area contributed by atoms with Crippen molar-refractivity contribution in [1.29, 1.82) is 0 Å². The second-order valence-electron chi connectivity index (χ2n) is 7.32. The van der Waals surface area contributed by atoms with Crippen LogP contribution in [-0.2, 0) is 19.1 Å². The van der Waals surface area contributed by atoms with E-state index in [1.54, 1.807) is 18.2 Å². The largest absolute Gasteiger partial charge is 0.496 e. The molecule has 0 bridgehead atoms. The van der Waals surface area contributed by atoms with Crippen LogP contribution in [0.4, 0.5) is 18.9 Å². The first-order valence-corrected chi connectivity index (χ1v) is 10.9. The zero-order valence-corrected chi connectivity index (χ0v) is 18.8. The zero-order chi connectivity index (χ0) is 24.0. The third-order valence-electron chi connectivity index (χ3n) is 5.34. The van der Waals surface area contributed by atoms with Crippen LogP contribution in [0.5, 0.6) is 5.75 Å². The summed E-state index contributed by atoms with van der Waals surface area (Å²) in [6, 6.07) is 15.5. The molecule has 0 saturated carbocycles. The Bertz CT molecular complexity index is 1110. The van der Waals surface area contributed by atoms with E-state index in [0.29, 0.717) is 28.1 Å². The number of benzene rings is 3. The molecule has 3 aromatic carbocycles. The summed E-state index contributed by atoms with van der Waals surface area (Å²) in [6.45, 7) is 5.69. The van der Waals surface area contributed by atoms with Crippen LogP contribution >= 0.6 is 0 Å². The lowest BCUT2D eigenvalue weighted by Crippen LogP contribution is -2.23. The van der Waals surface area contributed by atoms with Crippen molar-refractivity contribution >= 4 is 11.6 Å². The van der Waals surface area contributed by atoms with Gasteiger partial charge in [-0.3, -0.25) is 4.79 Å². The fourth-order valence-corrected chi connectivity index (χ4v) is 3.77. The highest BCUT2D eigenvalue weighted by atomic mass is 19.4. The number of fused-ring (bicyclic) bond motifs is 1. The Balaban J connectivity index is 0.00000149. The highest BCUT2D eigenvalue weighted by Gasteiger charge is 2.30. The van der Waals surface area contributed by atoms with Gasteiger partial charge in [-0.2, -0.15) is 13.2 Å². The van der Waals surface area contributed by atoms with Crippen LogP contribution in [0.3, 0.4) is 0 Å². The molecule has 0 saturated heterocycles. The van der Waals surface area contributed by atoms with Gasteiger partial charge in [0.2, 0.25) is 0 Å². The minimum atomic E-state index is -4.43. The third-order valence-corrected chi connectivity index (χ3v) is 5.34. The predicted octanol–water partition coefficient (Wildman–Crippen LogP) is 6.31. The van der Waals surface area contributed by atoms with Crippen LogP contribution in [0.1, 0.15) is 40.9 Å². The van der Waals surface area contributed by atoms with Gasteiger partial charge in [0.1, 0.15) is 5.75 Å². The van der Waals surface area contributed by atoms with E-state index in [2.05, 4.69) is 10.6 Å². The number of hydrogen-bond donors (Lipinski definition) is 2. The maximum Gasteiger partial charge on any atom is 0.416 e. The van der Waals surface area contributed by atoms with Crippen LogP contribution in [0, 0.1) is 0 Å². The Labute approximate surface area is 191 Å². The first-order valence-electron chi connectivity index (χ1n) is 10.9. The Morgan fingerprint density at radius 1 is 1.00 bits per heavy atom. The van der Waals surface area contributed by atoms with E-state index < -0.39 is 11.7 Å². The second-order valence-corrected chi connectivity index (χ2v) is 7.32. The van der Waals surface area contributed by atoms with Gasteiger partial charge in [0.05, 0.1) is 18.2 Å². The minimum Gasteiger partial charge on any atom is -0.496 e. The molecule has 1 heterocycles. The van der Waals surface area contributed by atoms with Crippen molar-refractivity contribution in [3.63, 3.8) is 0 Å². The summed E-state index contributed by atoms with van der Waals surface area (Å²) in [7, 11) is 1.46. The molecule has 1 amide bonds. The lowest BCUT2D eigenvalue weighted by atomic mass is 9.96. The molecule has 1 aliphatic rings. The number of nitrogens with one attached hydrogen (secondary N) is 2. The molecule has 33 heavy (non-hydrogen) atoms. The second kappa shape index (κ2) is 10.5. The number of carbonyl (C=O) groups is 1. The molecule has 0 aliphatic carbocycles. The number of carbonyl (C=O) groups excluding carboxylic acids is 1. The molecule has 7 heteroatoms. The van der Waals surface area contributed by atoms with E-state index in [0.717, 1.165) is 31.6 Å². The van der Waals surface area contributed by atoms with Gasteiger partial charge >= 0.3 is 6.18 Å². The molecule has 0 atom stereocenters. The molecule has 1 aliphatic heterocycles. The number of rotatable bonds is 4. The van der Waals surface area contributed by atoms with E-state index in [-0.39, 0.29) is 5.91 Å². The number of methoxy groups -OCH3 is 1. The zero-order valence-electron chi connectivity index (χ0n) is 18.8. The molecule has 2 N–H and O–H groups in total. The molecular formula is C26H27F3N2O2. The topological polar surface area (TPSA) is 50.4 Å². The van der Waals surface area contributed by atoms with E-state index in [1.165, 1.54) is 30.4 Å². The van der Waals surface area contributed by atoms with Crippen molar-refractivity contribution in [2.75, 3.05) is 19.0 Å². The Morgan fingerprint density at radius 3 is 2.39 bits per heavy atom. The predicted molar refractivity (Wildman–Crippen MR) is 125 cm³/mol. The molecule has 174 valence electrons. The highest BCUT2D eigenvalue weighted by molar-refractivity contribution is 6.09. The molecule has 0 spiro atoms. The first kappa shape index (κ1) is 24.3. The molecule has 4 rings (SSSR count). The Morgan fingerprint density at radius 2 is 1.73 bits per heavy atom. The Hall–Kier alpha value is -3.32. The lowest BCUT2D eigenvalue weighted by Gasteiger charge is -2.19. The average molecular weight is 457 g/mol. The summed E-state index contributed by atoms with van der Waals surface area (Å²) in [5, 5.41) is 6.22. The number of alkyl halides is 3. The summed E-state index contributed by atoms with van der Waals surface area (Å²) < 4.78 is 44.2. The van der Waals surface area contributed by atoms with E-state index >= 15 is 0 Å². The maximum atomic E-state index is 13.1. The lowest BCUT2D eigenvalue weighted by molar-refractivity contribution is -0.137. The molecule has 0 unspecified atom stereocenters. The van der Waals surface area contributed by atoms with Crippen molar-refractivity contribution < 1.29 is 22.7 Å². The molecule has 0 radical (unpaired) electrons. The first-order chi connectivity index (χ1) is 15.9. The molecule has 3 aromatic rings. The third kappa shape index (κ3) is 5.54. The monoisotopic (exact) mass is 456 g/mol. The molecule has 0 fully saturated rings. The van der Waals surface area contributed by atoms with Crippen LogP contribution in [0.15, 0.2) is 60.7 Å². The van der Waals surface area contributed by atoms with Crippen molar-refractivity contribution in [2.45, 2.75) is 33.0 Å². The van der Waals surface area contributed by atoms with Crippen molar-refractivity contribution in [2.24, 2.45) is 0 Å². The SMILES string of the molecule is CC.COc1cccc(C(=O)Nc2ccc3c(c2)CCNC3)c1-c1ccc(C(F)(F)F)cc1. The fraction of sp³-hybridized carbons (Fsp3) is 0.269. The van der Waals surface area contributed by atoms with Gasteiger partial charge in [-0.25, -0.2) is 0 Å². The number of amides is 1. The van der Waals surface area contributed by atoms with Gasteiger partial charge in [-0.15, -0.1) is 0 Å². The molecule has 4 nitrogen and oxygen atoms in total. The standard InChI is InChI=1S/C24H21F3N2O2.C2H6/c1-31-21-4-2-3-20(22(21)15-5-8-18(9-6-15)24(25,26)27)23(30)29-19-10-7-17-14-28-12-11-16(17)13-19;1-2/h2-10,13,28H,11-12,14H2,1H3,(H,29,30);1-2H3. The van der Waals surface area contributed by atoms with Gasteiger partial charge in [-0.1, -0.05) is 38.1 Å². The minimum absolute atomic E-state index is 0.318. The molecule has 0 aromatic heterocycles. The average Bonchev–Trinajstić information content (AvgIpc) is 2.84. The van der Waals surface area contributed by atoms with Gasteiger partial charge in [0.15, 0.2) is 0 Å². The van der Waals surface area contributed by atoms with Gasteiger partial charge in [-0.05, 0) is 66.1 Å². The fourth-order valence-electron chi connectivity index (χ4n) is 3.77. The van der Waals surface area contributed by atoms with Gasteiger partial charge < -0.3 is 15.4 Å². The van der Waals surface area contributed by atoms with Crippen LogP contribution in [0.2, 0.25) is 0 Å². The number of anilines is 1. The number of halogens is 3. The van der Waals surface area contributed by atoms with Gasteiger partial charge in [0.25, 0.3) is 5.91 Å². The van der Waals surface area contributed by atoms with Crippen molar-refractivity contribution in [3.05, 3.63) is 82.9 Å². The van der Waals surface area contributed by atoms with E-state index in [4.69, 9.17) is 4.74 Å². The Kier molecular flexibility index (Phi) is 7.76. The summed E-state index contributed by atoms with van der Waals surface area (Å²) in [4.78, 5) is 13.1. The van der Waals surface area contributed by atoms with Gasteiger partial charge in [0, 0.05) is 17.8 Å². The summed E-state index contributed by atoms with van der Waals surface area (Å²) >= 11 is 0. The normalized spacial score (nSPS) is 12.8. The summed E-state index contributed by atoms with van der Waals surface area (Å²) in [6.07, 6.45) is -3.55.